The van der Waals surface area contributed by atoms with Crippen LogP contribution >= 0.6 is 0 Å². The molecule has 0 N–H and O–H groups in total. The zero-order valence-corrected chi connectivity index (χ0v) is 32.9. The second-order valence-electron chi connectivity index (χ2n) is 17.6. The molecule has 0 amide bonds. The minimum atomic E-state index is 0.00622. The lowest BCUT2D eigenvalue weighted by Crippen LogP contribution is -2.51. The van der Waals surface area contributed by atoms with Gasteiger partial charge in [0.2, 0.25) is 0 Å². The van der Waals surface area contributed by atoms with Crippen molar-refractivity contribution in [3.63, 3.8) is 0 Å². The molecule has 0 saturated heterocycles. The van der Waals surface area contributed by atoms with Gasteiger partial charge in [-0.3, -0.25) is 4.79 Å². The molecule has 0 aromatic carbocycles. The summed E-state index contributed by atoms with van der Waals surface area (Å²) in [6, 6.07) is 0. The second kappa shape index (κ2) is 20.3. The summed E-state index contributed by atoms with van der Waals surface area (Å²) in [6.45, 7) is 14.9. The summed E-state index contributed by atoms with van der Waals surface area (Å²) in [7, 11) is 0. The van der Waals surface area contributed by atoms with Gasteiger partial charge in [0.05, 0.1) is 0 Å². The molecule has 276 valence electrons. The summed E-state index contributed by atoms with van der Waals surface area (Å²) >= 11 is 0. The highest BCUT2D eigenvalue weighted by atomic mass is 16.5. The van der Waals surface area contributed by atoms with Gasteiger partial charge in [0.25, 0.3) is 0 Å². The number of unbranched alkanes of at least 4 members (excludes halogenated alkanes) is 4. The van der Waals surface area contributed by atoms with Crippen LogP contribution in [-0.2, 0) is 9.53 Å². The van der Waals surface area contributed by atoms with E-state index in [1.54, 1.807) is 5.57 Å². The summed E-state index contributed by atoms with van der Waals surface area (Å²) in [5, 5.41) is 0. The SMILES string of the molecule is CCCCC/C=C/C/C=C/C/C=C/C/C=C/CCCC(=O)O[C@H]1CC[C@@]2(C)C(=CC[C@@H]3[C@H]4CC[C@@H]([C@H](C)CCCC(C)C)[C@]4(C)CC[C@H]32)C1. The van der Waals surface area contributed by atoms with E-state index in [2.05, 4.69) is 96.2 Å². The van der Waals surface area contributed by atoms with Gasteiger partial charge < -0.3 is 4.74 Å². The predicted molar refractivity (Wildman–Crippen MR) is 211 cm³/mol. The first-order valence-corrected chi connectivity index (χ1v) is 21.2. The molecule has 8 atom stereocenters. The van der Waals surface area contributed by atoms with E-state index in [-0.39, 0.29) is 12.1 Å². The Morgan fingerprint density at radius 3 is 2.14 bits per heavy atom. The lowest BCUT2D eigenvalue weighted by Gasteiger charge is -2.58. The highest BCUT2D eigenvalue weighted by molar-refractivity contribution is 5.69. The maximum atomic E-state index is 12.8. The maximum absolute atomic E-state index is 12.8. The number of carbonyl (C=O) groups excluding carboxylic acids is 1. The monoisotopic (exact) mass is 673 g/mol. The molecular formula is C47H76O2. The molecular weight excluding hydrogens is 597 g/mol. The van der Waals surface area contributed by atoms with Crippen molar-refractivity contribution in [2.24, 2.45) is 46.3 Å². The summed E-state index contributed by atoms with van der Waals surface area (Å²) in [5.41, 5.74) is 2.48. The molecule has 0 heterocycles. The molecule has 0 radical (unpaired) electrons. The standard InChI is InChI=1S/C47H76O2/c1-7-8-9-10-11-12-13-14-15-16-17-18-19-20-21-22-23-27-45(48)49-40-32-34-46(5)39(36-40)28-29-41-43-31-30-42(38(4)26-24-25-37(2)3)47(43,6)35-33-44(41)46/h11-12,14-15,17-18,20-21,28,37-38,40-44H,7-10,13,16,19,22-27,29-36H2,1-6H3/b12-11+,15-14+,18-17+,21-20+/t38-,40+,41-,42+,43-,44-,46+,47+/m1/s1. The highest BCUT2D eigenvalue weighted by Gasteiger charge is 2.59. The summed E-state index contributed by atoms with van der Waals surface area (Å²) in [5.74, 6) is 5.21. The Hall–Kier alpha value is -1.83. The molecule has 3 saturated carbocycles. The number of ether oxygens (including phenoxy) is 1. The average Bonchev–Trinajstić information content (AvgIpc) is 3.43. The van der Waals surface area contributed by atoms with Crippen molar-refractivity contribution in [1.82, 2.24) is 0 Å². The minimum absolute atomic E-state index is 0.00622. The highest BCUT2D eigenvalue weighted by Crippen LogP contribution is 2.67. The van der Waals surface area contributed by atoms with Gasteiger partial charge in [-0.05, 0) is 136 Å². The first-order chi connectivity index (χ1) is 23.7. The fourth-order valence-electron chi connectivity index (χ4n) is 10.9. The average molecular weight is 673 g/mol. The molecule has 4 rings (SSSR count). The van der Waals surface area contributed by atoms with Crippen molar-refractivity contribution in [2.75, 3.05) is 0 Å². The van der Waals surface area contributed by atoms with Crippen LogP contribution in [0.1, 0.15) is 176 Å². The summed E-state index contributed by atoms with van der Waals surface area (Å²) in [6.07, 6.45) is 45.7. The van der Waals surface area contributed by atoms with Gasteiger partial charge in [-0.1, -0.05) is 134 Å². The van der Waals surface area contributed by atoms with Gasteiger partial charge in [-0.25, -0.2) is 0 Å². The molecule has 4 aliphatic rings. The van der Waals surface area contributed by atoms with Crippen molar-refractivity contribution >= 4 is 5.97 Å². The van der Waals surface area contributed by atoms with Crippen LogP contribution in [0.15, 0.2) is 60.3 Å². The molecule has 4 aliphatic carbocycles. The van der Waals surface area contributed by atoms with Gasteiger partial charge in [-0.2, -0.15) is 0 Å². The van der Waals surface area contributed by atoms with Crippen LogP contribution in [0.2, 0.25) is 0 Å². The molecule has 0 bridgehead atoms. The molecule has 0 spiro atoms. The summed E-state index contributed by atoms with van der Waals surface area (Å²) < 4.78 is 6.10. The van der Waals surface area contributed by atoms with E-state index in [9.17, 15) is 4.79 Å². The number of hydrogen-bond donors (Lipinski definition) is 0. The Morgan fingerprint density at radius 2 is 1.47 bits per heavy atom. The molecule has 0 unspecified atom stereocenters. The smallest absolute Gasteiger partial charge is 0.306 e. The van der Waals surface area contributed by atoms with Crippen LogP contribution in [0.5, 0.6) is 0 Å². The van der Waals surface area contributed by atoms with E-state index in [1.165, 1.54) is 83.5 Å². The van der Waals surface area contributed by atoms with Crippen LogP contribution in [0.3, 0.4) is 0 Å². The van der Waals surface area contributed by atoms with Gasteiger partial charge in [0.15, 0.2) is 0 Å². The Bertz CT molecular complexity index is 1140. The number of carbonyl (C=O) groups is 1. The van der Waals surface area contributed by atoms with Crippen molar-refractivity contribution in [3.8, 4) is 0 Å². The number of rotatable bonds is 20. The fourth-order valence-corrected chi connectivity index (χ4v) is 10.9. The van der Waals surface area contributed by atoms with E-state index < -0.39 is 0 Å². The molecule has 0 aliphatic heterocycles. The Labute approximate surface area is 303 Å². The Balaban J connectivity index is 1.13. The molecule has 2 heteroatoms. The van der Waals surface area contributed by atoms with Crippen molar-refractivity contribution in [1.29, 1.82) is 0 Å². The molecule has 3 fully saturated rings. The Kier molecular flexibility index (Phi) is 16.5. The van der Waals surface area contributed by atoms with E-state index in [4.69, 9.17) is 4.74 Å². The zero-order chi connectivity index (χ0) is 35.1. The lowest BCUT2D eigenvalue weighted by molar-refractivity contribution is -0.151. The quantitative estimate of drug-likeness (QED) is 0.0731. The largest absolute Gasteiger partial charge is 0.462 e. The molecule has 2 nitrogen and oxygen atoms in total. The van der Waals surface area contributed by atoms with Crippen LogP contribution in [-0.4, -0.2) is 12.1 Å². The number of fused-ring (bicyclic) bond motifs is 5. The van der Waals surface area contributed by atoms with E-state index >= 15 is 0 Å². The number of allylic oxidation sites excluding steroid dienone is 9. The van der Waals surface area contributed by atoms with Crippen LogP contribution in [0.25, 0.3) is 0 Å². The van der Waals surface area contributed by atoms with Crippen molar-refractivity contribution in [3.05, 3.63) is 60.3 Å². The third kappa shape index (κ3) is 11.3. The van der Waals surface area contributed by atoms with Gasteiger partial charge >= 0.3 is 5.97 Å². The van der Waals surface area contributed by atoms with Gasteiger partial charge in [0.1, 0.15) is 6.10 Å². The topological polar surface area (TPSA) is 26.3 Å². The normalized spacial score (nSPS) is 32.2. The van der Waals surface area contributed by atoms with Gasteiger partial charge in [0, 0.05) is 12.8 Å². The van der Waals surface area contributed by atoms with Crippen LogP contribution in [0.4, 0.5) is 0 Å². The number of esters is 1. The third-order valence-electron chi connectivity index (χ3n) is 13.8. The minimum Gasteiger partial charge on any atom is -0.462 e. The van der Waals surface area contributed by atoms with E-state index in [0.717, 1.165) is 80.5 Å². The van der Waals surface area contributed by atoms with Gasteiger partial charge in [-0.15, -0.1) is 0 Å². The molecule has 0 aromatic heterocycles. The van der Waals surface area contributed by atoms with Crippen molar-refractivity contribution < 1.29 is 9.53 Å². The number of hydrogen-bond acceptors (Lipinski definition) is 2. The summed E-state index contributed by atoms with van der Waals surface area (Å²) in [4.78, 5) is 12.8. The van der Waals surface area contributed by atoms with Crippen LogP contribution in [0, 0.1) is 46.3 Å². The fraction of sp³-hybridized carbons (Fsp3) is 0.766. The first kappa shape index (κ1) is 39.9. The van der Waals surface area contributed by atoms with E-state index in [1.807, 2.05) is 0 Å². The second-order valence-corrected chi connectivity index (χ2v) is 17.6. The maximum Gasteiger partial charge on any atom is 0.306 e. The van der Waals surface area contributed by atoms with Crippen molar-refractivity contribution in [2.45, 2.75) is 182 Å². The predicted octanol–water partition coefficient (Wildman–Crippen LogP) is 14.1. The first-order valence-electron chi connectivity index (χ1n) is 21.2. The van der Waals surface area contributed by atoms with Crippen LogP contribution < -0.4 is 0 Å². The molecule has 49 heavy (non-hydrogen) atoms. The Morgan fingerprint density at radius 1 is 0.796 bits per heavy atom. The third-order valence-corrected chi connectivity index (χ3v) is 13.8. The lowest BCUT2D eigenvalue weighted by atomic mass is 9.47. The molecule has 0 aromatic rings. The zero-order valence-electron chi connectivity index (χ0n) is 32.9. The van der Waals surface area contributed by atoms with E-state index in [0.29, 0.717) is 17.3 Å².